The number of amides is 2. The molecular weight excluding hydrogens is 326 g/mol. The molecule has 2 unspecified atom stereocenters. The van der Waals surface area contributed by atoms with Gasteiger partial charge >= 0.3 is 0 Å². The van der Waals surface area contributed by atoms with Crippen LogP contribution >= 0.6 is 11.8 Å². The van der Waals surface area contributed by atoms with Crippen molar-refractivity contribution in [1.29, 1.82) is 0 Å². The zero-order chi connectivity index (χ0) is 16.3. The molecule has 9 heteroatoms. The number of pyridine rings is 1. The highest BCUT2D eigenvalue weighted by molar-refractivity contribution is 8.02. The minimum absolute atomic E-state index is 0. The molecule has 0 aliphatic carbocycles. The molecule has 7 nitrogen and oxygen atoms in total. The summed E-state index contributed by atoms with van der Waals surface area (Å²) in [5, 5.41) is 4.20. The van der Waals surface area contributed by atoms with E-state index in [1.807, 2.05) is 0 Å². The highest BCUT2D eigenvalue weighted by Crippen LogP contribution is 2.29. The Kier molecular flexibility index (Phi) is 5.07. The largest absolute Gasteiger partial charge is 0.339 e. The summed E-state index contributed by atoms with van der Waals surface area (Å²) in [6.07, 6.45) is 3.13. The molecule has 0 saturated carbocycles. The molecule has 1 fully saturated rings. The Hall–Kier alpha value is -1.61. The van der Waals surface area contributed by atoms with Gasteiger partial charge in [-0.2, -0.15) is 0 Å². The fourth-order valence-electron chi connectivity index (χ4n) is 2.18. The number of rotatable bonds is 4. The summed E-state index contributed by atoms with van der Waals surface area (Å²) in [5.74, 6) is 0.297. The van der Waals surface area contributed by atoms with Crippen LogP contribution in [0, 0.1) is 0 Å². The van der Waals surface area contributed by atoms with E-state index in [1.165, 1.54) is 43.3 Å². The normalized spacial score (nSPS) is 21.4. The smallest absolute Gasteiger partial charge is 0.252 e. The number of nitrogens with one attached hydrogen (secondary N) is 2. The first kappa shape index (κ1) is 16.8. The fourth-order valence-corrected chi connectivity index (χ4v) is 5.41. The number of hydrogen-bond donors (Lipinski definition) is 2. The van der Waals surface area contributed by atoms with E-state index in [9.17, 15) is 18.0 Å². The molecule has 1 aromatic heterocycles. The van der Waals surface area contributed by atoms with E-state index < -0.39 is 20.5 Å². The molecule has 0 spiro atoms. The Balaban J connectivity index is 0.00000264. The van der Waals surface area contributed by atoms with Crippen LogP contribution in [-0.4, -0.2) is 47.8 Å². The Morgan fingerprint density at radius 2 is 2.18 bits per heavy atom. The number of sulfone groups is 1. The molecule has 2 N–H and O–H groups in total. The molecule has 1 aliphatic rings. The summed E-state index contributed by atoms with van der Waals surface area (Å²) in [7, 11) is -3.21. The third-order valence-corrected chi connectivity index (χ3v) is 6.24. The van der Waals surface area contributed by atoms with Gasteiger partial charge in [0.1, 0.15) is 5.82 Å². The number of nitrogens with zero attached hydrogens (tertiary/aromatic N) is 1. The number of anilines is 1. The molecule has 1 aromatic rings. The van der Waals surface area contributed by atoms with Crippen molar-refractivity contribution in [3.05, 3.63) is 23.9 Å². The van der Waals surface area contributed by atoms with Gasteiger partial charge in [0, 0.05) is 27.8 Å². The van der Waals surface area contributed by atoms with Gasteiger partial charge in [0.05, 0.1) is 10.6 Å². The molecule has 2 amide bonds. The lowest BCUT2D eigenvalue weighted by molar-refractivity contribution is -0.114. The van der Waals surface area contributed by atoms with Gasteiger partial charge in [0.25, 0.3) is 5.91 Å². The Morgan fingerprint density at radius 3 is 2.82 bits per heavy atom. The van der Waals surface area contributed by atoms with Crippen LogP contribution in [0.5, 0.6) is 0 Å². The van der Waals surface area contributed by atoms with Gasteiger partial charge in [-0.25, -0.2) is 13.4 Å². The SMILES string of the molecule is CC(=O)Nc1cc(C(=O)NC2SCCC2S(C)(=O)=O)ccn1.[HH].[HH]. The number of carbonyl (C=O) groups is 2. The van der Waals surface area contributed by atoms with Gasteiger partial charge in [-0.15, -0.1) is 11.8 Å². The maximum Gasteiger partial charge on any atom is 0.252 e. The van der Waals surface area contributed by atoms with Crippen LogP contribution in [-0.2, 0) is 14.6 Å². The van der Waals surface area contributed by atoms with Gasteiger partial charge in [-0.3, -0.25) is 9.59 Å². The first-order valence-corrected chi connectivity index (χ1v) is 9.62. The van der Waals surface area contributed by atoms with E-state index >= 15 is 0 Å². The second-order valence-corrected chi connectivity index (χ2v) is 8.55. The first-order valence-electron chi connectivity index (χ1n) is 6.62. The highest BCUT2D eigenvalue weighted by Gasteiger charge is 2.36. The van der Waals surface area contributed by atoms with E-state index in [2.05, 4.69) is 15.6 Å². The molecule has 0 aromatic carbocycles. The van der Waals surface area contributed by atoms with Crippen LogP contribution in [0.2, 0.25) is 0 Å². The summed E-state index contributed by atoms with van der Waals surface area (Å²) >= 11 is 1.42. The molecule has 0 radical (unpaired) electrons. The number of thioether (sulfide) groups is 1. The van der Waals surface area contributed by atoms with Crippen molar-refractivity contribution < 1.29 is 20.9 Å². The van der Waals surface area contributed by atoms with Gasteiger partial charge < -0.3 is 10.6 Å². The Labute approximate surface area is 136 Å². The lowest BCUT2D eigenvalue weighted by atomic mass is 10.2. The average molecular weight is 347 g/mol. The van der Waals surface area contributed by atoms with E-state index in [0.717, 1.165) is 0 Å². The molecule has 2 atom stereocenters. The van der Waals surface area contributed by atoms with Gasteiger partial charge in [-0.1, -0.05) is 0 Å². The van der Waals surface area contributed by atoms with Crippen LogP contribution in [0.3, 0.4) is 0 Å². The standard InChI is InChI=1S/C13H17N3O4S2.2H2/c1-8(17)15-11-7-9(3-5-14-11)12(18)16-13-10(4-6-21-13)22(2,19)20;;/h3,5,7,10,13H,4,6H2,1-2H3,(H,16,18)(H,14,15,17);2*1H. The highest BCUT2D eigenvalue weighted by atomic mass is 32.2. The predicted octanol–water partition coefficient (Wildman–Crippen LogP) is 1.14. The zero-order valence-corrected chi connectivity index (χ0v) is 13.8. The van der Waals surface area contributed by atoms with Crippen LogP contribution in [0.25, 0.3) is 0 Å². The van der Waals surface area contributed by atoms with Crippen LogP contribution in [0.1, 0.15) is 26.6 Å². The number of hydrogen-bond acceptors (Lipinski definition) is 6. The topological polar surface area (TPSA) is 105 Å². The van der Waals surface area contributed by atoms with E-state index in [0.29, 0.717) is 17.7 Å². The fraction of sp³-hybridized carbons (Fsp3) is 0.462. The number of aromatic nitrogens is 1. The molecular formula is C13H21N3O4S2. The van der Waals surface area contributed by atoms with Gasteiger partial charge in [0.15, 0.2) is 9.84 Å². The minimum atomic E-state index is -3.21. The summed E-state index contributed by atoms with van der Waals surface area (Å²) in [5.41, 5.74) is 0.318. The van der Waals surface area contributed by atoms with Crippen molar-refractivity contribution in [2.45, 2.75) is 24.0 Å². The third kappa shape index (κ3) is 4.20. The molecule has 2 rings (SSSR count). The molecule has 0 bridgehead atoms. The lowest BCUT2D eigenvalue weighted by Crippen LogP contribution is -2.41. The van der Waals surface area contributed by atoms with Crippen molar-refractivity contribution in [3.8, 4) is 0 Å². The monoisotopic (exact) mass is 347 g/mol. The van der Waals surface area contributed by atoms with Crippen molar-refractivity contribution >= 4 is 39.2 Å². The molecule has 1 aliphatic heterocycles. The summed E-state index contributed by atoms with van der Waals surface area (Å²) < 4.78 is 23.4. The summed E-state index contributed by atoms with van der Waals surface area (Å²) in [6.45, 7) is 1.35. The van der Waals surface area contributed by atoms with Gasteiger partial charge in [-0.05, 0) is 24.3 Å². The average Bonchev–Trinajstić information content (AvgIpc) is 2.86. The summed E-state index contributed by atoms with van der Waals surface area (Å²) in [6, 6.07) is 2.96. The molecule has 1 saturated heterocycles. The van der Waals surface area contributed by atoms with Crippen LogP contribution in [0.15, 0.2) is 18.3 Å². The maximum absolute atomic E-state index is 12.3. The van der Waals surface area contributed by atoms with E-state index in [1.54, 1.807) is 0 Å². The second kappa shape index (κ2) is 6.66. The molecule has 22 heavy (non-hydrogen) atoms. The van der Waals surface area contributed by atoms with Crippen molar-refractivity contribution in [3.63, 3.8) is 0 Å². The maximum atomic E-state index is 12.3. The minimum Gasteiger partial charge on any atom is -0.339 e. The summed E-state index contributed by atoms with van der Waals surface area (Å²) in [4.78, 5) is 27.2. The third-order valence-electron chi connectivity index (χ3n) is 3.19. The van der Waals surface area contributed by atoms with Crippen molar-refractivity contribution in [2.24, 2.45) is 0 Å². The molecule has 124 valence electrons. The Morgan fingerprint density at radius 1 is 1.45 bits per heavy atom. The van der Waals surface area contributed by atoms with Crippen molar-refractivity contribution in [2.75, 3.05) is 17.3 Å². The van der Waals surface area contributed by atoms with E-state index in [-0.39, 0.29) is 20.5 Å². The van der Waals surface area contributed by atoms with Crippen molar-refractivity contribution in [1.82, 2.24) is 10.3 Å². The quantitative estimate of drug-likeness (QED) is 0.846. The lowest BCUT2D eigenvalue weighted by Gasteiger charge is -2.18. The Bertz CT molecular complexity index is 700. The van der Waals surface area contributed by atoms with Crippen LogP contribution in [0.4, 0.5) is 5.82 Å². The number of carbonyl (C=O) groups excluding carboxylic acids is 2. The zero-order valence-electron chi connectivity index (χ0n) is 12.2. The first-order chi connectivity index (χ1) is 10.3. The predicted molar refractivity (Wildman–Crippen MR) is 89.7 cm³/mol. The van der Waals surface area contributed by atoms with E-state index in [4.69, 9.17) is 0 Å². The van der Waals surface area contributed by atoms with Crippen LogP contribution < -0.4 is 10.6 Å². The second-order valence-electron chi connectivity index (χ2n) is 5.03. The molecule has 2 heterocycles. The van der Waals surface area contributed by atoms with Gasteiger partial charge in [0.2, 0.25) is 5.91 Å².